The molecule has 3 rings (SSSR count). The fourth-order valence-electron chi connectivity index (χ4n) is 4.39. The monoisotopic (exact) mass is 279 g/mol. The molecule has 114 valence electrons. The summed E-state index contributed by atoms with van der Waals surface area (Å²) >= 11 is 0. The van der Waals surface area contributed by atoms with Gasteiger partial charge in [0.15, 0.2) is 0 Å². The first-order chi connectivity index (χ1) is 9.78. The number of carbonyl (C=O) groups is 1. The van der Waals surface area contributed by atoms with E-state index in [1.54, 1.807) is 0 Å². The first-order valence-corrected chi connectivity index (χ1v) is 8.55. The molecule has 3 fully saturated rings. The van der Waals surface area contributed by atoms with Crippen molar-refractivity contribution in [3.8, 4) is 0 Å². The highest BCUT2D eigenvalue weighted by molar-refractivity contribution is 5.78. The minimum absolute atomic E-state index is 0.378. The lowest BCUT2D eigenvalue weighted by atomic mass is 9.97. The highest BCUT2D eigenvalue weighted by Gasteiger charge is 2.41. The van der Waals surface area contributed by atoms with E-state index in [4.69, 9.17) is 0 Å². The van der Waals surface area contributed by atoms with Gasteiger partial charge in [0.2, 0.25) is 5.91 Å². The zero-order valence-electron chi connectivity index (χ0n) is 12.8. The van der Waals surface area contributed by atoms with E-state index in [0.29, 0.717) is 30.6 Å². The summed E-state index contributed by atoms with van der Waals surface area (Å²) in [6, 6.07) is 1.97. The van der Waals surface area contributed by atoms with E-state index in [1.807, 2.05) is 0 Å². The van der Waals surface area contributed by atoms with Crippen molar-refractivity contribution in [2.75, 3.05) is 26.2 Å². The number of carbonyl (C=O) groups excluding carboxylic acids is 1. The number of fused-ring (bicyclic) bond motifs is 2. The molecule has 20 heavy (non-hydrogen) atoms. The van der Waals surface area contributed by atoms with Gasteiger partial charge in [-0.3, -0.25) is 9.69 Å². The fraction of sp³-hybridized carbons (Fsp3) is 0.938. The minimum Gasteiger partial charge on any atom is -0.342 e. The number of likely N-dealkylation sites (tertiary alicyclic amines) is 1. The van der Waals surface area contributed by atoms with Crippen LogP contribution in [0.25, 0.3) is 0 Å². The first-order valence-electron chi connectivity index (χ1n) is 8.55. The van der Waals surface area contributed by atoms with Crippen LogP contribution in [0.2, 0.25) is 0 Å². The summed E-state index contributed by atoms with van der Waals surface area (Å²) in [7, 11) is 0. The fourth-order valence-corrected chi connectivity index (χ4v) is 4.39. The van der Waals surface area contributed by atoms with E-state index in [9.17, 15) is 4.79 Å². The predicted molar refractivity (Wildman–Crippen MR) is 80.6 cm³/mol. The molecule has 2 bridgehead atoms. The van der Waals surface area contributed by atoms with E-state index < -0.39 is 0 Å². The van der Waals surface area contributed by atoms with Crippen LogP contribution in [-0.2, 0) is 4.79 Å². The number of piperidine rings is 2. The van der Waals surface area contributed by atoms with Gasteiger partial charge in [0.05, 0.1) is 6.54 Å². The number of nitrogens with zero attached hydrogens (tertiary/aromatic N) is 2. The second-order valence-electron chi connectivity index (χ2n) is 6.72. The quantitative estimate of drug-likeness (QED) is 0.849. The first kappa shape index (κ1) is 14.3. The third-order valence-electron chi connectivity index (χ3n) is 5.40. The molecule has 2 unspecified atom stereocenters. The molecule has 4 heteroatoms. The van der Waals surface area contributed by atoms with Crippen molar-refractivity contribution in [2.24, 2.45) is 0 Å². The summed E-state index contributed by atoms with van der Waals surface area (Å²) < 4.78 is 0. The van der Waals surface area contributed by atoms with Gasteiger partial charge in [-0.15, -0.1) is 0 Å². The molecule has 3 aliphatic rings. The maximum Gasteiger partial charge on any atom is 0.236 e. The van der Waals surface area contributed by atoms with Crippen LogP contribution in [0, 0.1) is 0 Å². The smallest absolute Gasteiger partial charge is 0.236 e. The highest BCUT2D eigenvalue weighted by atomic mass is 16.2. The Hall–Kier alpha value is -0.610. The molecule has 0 spiro atoms. The normalized spacial score (nSPS) is 34.5. The van der Waals surface area contributed by atoms with E-state index in [1.165, 1.54) is 44.9 Å². The Morgan fingerprint density at radius 1 is 1.10 bits per heavy atom. The van der Waals surface area contributed by atoms with Crippen molar-refractivity contribution >= 4 is 5.91 Å². The summed E-state index contributed by atoms with van der Waals surface area (Å²) in [6.07, 6.45) is 8.74. The average Bonchev–Trinajstić information content (AvgIpc) is 2.71. The lowest BCUT2D eigenvalue weighted by Crippen LogP contribution is -2.52. The largest absolute Gasteiger partial charge is 0.342 e. The SMILES string of the molecule is CCNC1CC2CCC(C1)N2CC(=O)N1CCCCC1. The molecular weight excluding hydrogens is 250 g/mol. The number of rotatable bonds is 4. The predicted octanol–water partition coefficient (Wildman–Crippen LogP) is 1.60. The molecule has 0 aromatic carbocycles. The Morgan fingerprint density at radius 2 is 1.75 bits per heavy atom. The van der Waals surface area contributed by atoms with Crippen LogP contribution in [0.3, 0.4) is 0 Å². The molecule has 1 amide bonds. The average molecular weight is 279 g/mol. The maximum absolute atomic E-state index is 12.5. The zero-order valence-corrected chi connectivity index (χ0v) is 12.8. The van der Waals surface area contributed by atoms with Crippen molar-refractivity contribution in [1.29, 1.82) is 0 Å². The van der Waals surface area contributed by atoms with Crippen molar-refractivity contribution in [1.82, 2.24) is 15.1 Å². The lowest BCUT2D eigenvalue weighted by molar-refractivity contribution is -0.134. The summed E-state index contributed by atoms with van der Waals surface area (Å²) in [5.74, 6) is 0.378. The molecule has 0 saturated carbocycles. The van der Waals surface area contributed by atoms with Crippen molar-refractivity contribution < 1.29 is 4.79 Å². The van der Waals surface area contributed by atoms with E-state index >= 15 is 0 Å². The van der Waals surface area contributed by atoms with Crippen LogP contribution in [0.15, 0.2) is 0 Å². The molecule has 0 aromatic heterocycles. The molecule has 0 aliphatic carbocycles. The Kier molecular flexibility index (Phi) is 4.61. The zero-order chi connectivity index (χ0) is 13.9. The standard InChI is InChI=1S/C16H29N3O/c1-2-17-13-10-14-6-7-15(11-13)19(14)12-16(20)18-8-4-3-5-9-18/h13-15,17H,2-12H2,1H3. The van der Waals surface area contributed by atoms with E-state index in [-0.39, 0.29) is 0 Å². The molecular formula is C16H29N3O. The van der Waals surface area contributed by atoms with Gasteiger partial charge in [-0.25, -0.2) is 0 Å². The molecule has 4 nitrogen and oxygen atoms in total. The van der Waals surface area contributed by atoms with Crippen LogP contribution in [-0.4, -0.2) is 60.0 Å². The summed E-state index contributed by atoms with van der Waals surface area (Å²) in [5, 5.41) is 3.60. The van der Waals surface area contributed by atoms with Gasteiger partial charge in [-0.2, -0.15) is 0 Å². The van der Waals surface area contributed by atoms with Gasteiger partial charge in [0, 0.05) is 31.2 Å². The number of hydrogen-bond donors (Lipinski definition) is 1. The number of amides is 1. The molecule has 0 aromatic rings. The lowest BCUT2D eigenvalue weighted by Gasteiger charge is -2.40. The van der Waals surface area contributed by atoms with Crippen LogP contribution in [0.5, 0.6) is 0 Å². The molecule has 0 radical (unpaired) electrons. The maximum atomic E-state index is 12.5. The van der Waals surface area contributed by atoms with Gasteiger partial charge >= 0.3 is 0 Å². The summed E-state index contributed by atoms with van der Waals surface area (Å²) in [6.45, 7) is 5.91. The van der Waals surface area contributed by atoms with Crippen molar-refractivity contribution in [2.45, 2.75) is 70.0 Å². The van der Waals surface area contributed by atoms with Gasteiger partial charge in [0.1, 0.15) is 0 Å². The Bertz CT molecular complexity index is 327. The van der Waals surface area contributed by atoms with E-state index in [0.717, 1.165) is 19.6 Å². The second-order valence-corrected chi connectivity index (χ2v) is 6.72. The molecule has 3 saturated heterocycles. The summed E-state index contributed by atoms with van der Waals surface area (Å²) in [5.41, 5.74) is 0. The van der Waals surface area contributed by atoms with Crippen LogP contribution >= 0.6 is 0 Å². The van der Waals surface area contributed by atoms with Crippen LogP contribution in [0.1, 0.15) is 51.9 Å². The minimum atomic E-state index is 0.378. The number of nitrogens with one attached hydrogen (secondary N) is 1. The van der Waals surface area contributed by atoms with Crippen LogP contribution in [0.4, 0.5) is 0 Å². The topological polar surface area (TPSA) is 35.6 Å². The Morgan fingerprint density at radius 3 is 2.35 bits per heavy atom. The second kappa shape index (κ2) is 6.44. The van der Waals surface area contributed by atoms with Crippen LogP contribution < -0.4 is 5.32 Å². The Labute approximate surface area is 122 Å². The molecule has 2 atom stereocenters. The molecule has 1 N–H and O–H groups in total. The van der Waals surface area contributed by atoms with Crippen molar-refractivity contribution in [3.63, 3.8) is 0 Å². The number of hydrogen-bond acceptors (Lipinski definition) is 3. The molecule has 3 aliphatic heterocycles. The van der Waals surface area contributed by atoms with Gasteiger partial charge < -0.3 is 10.2 Å². The third-order valence-corrected chi connectivity index (χ3v) is 5.40. The van der Waals surface area contributed by atoms with E-state index in [2.05, 4.69) is 22.0 Å². The van der Waals surface area contributed by atoms with Gasteiger partial charge in [-0.05, 0) is 51.5 Å². The third kappa shape index (κ3) is 3.01. The van der Waals surface area contributed by atoms with Gasteiger partial charge in [-0.1, -0.05) is 6.92 Å². The Balaban J connectivity index is 1.54. The van der Waals surface area contributed by atoms with Gasteiger partial charge in [0.25, 0.3) is 0 Å². The van der Waals surface area contributed by atoms with Crippen molar-refractivity contribution in [3.05, 3.63) is 0 Å². The summed E-state index contributed by atoms with van der Waals surface area (Å²) in [4.78, 5) is 17.1. The highest BCUT2D eigenvalue weighted by Crippen LogP contribution is 2.35. The molecule has 3 heterocycles.